The third-order valence-electron chi connectivity index (χ3n) is 5.77. The first-order valence-electron chi connectivity index (χ1n) is 12.6. The number of fused-ring (bicyclic) bond motifs is 1. The summed E-state index contributed by atoms with van der Waals surface area (Å²) >= 11 is 0. The third-order valence-corrected chi connectivity index (χ3v) is 5.77. The van der Waals surface area contributed by atoms with Crippen molar-refractivity contribution in [1.29, 1.82) is 0 Å². The second kappa shape index (κ2) is 15.5. The van der Waals surface area contributed by atoms with E-state index in [4.69, 9.17) is 32.5 Å². The number of amides is 1. The molecule has 0 spiro atoms. The Morgan fingerprint density at radius 2 is 1.59 bits per heavy atom. The Morgan fingerprint density at radius 3 is 2.14 bits per heavy atom. The Hall–Kier alpha value is -5.72. The molecule has 0 saturated carbocycles. The number of nitrogens with zero attached hydrogens (tertiary/aromatic N) is 5. The molecule has 0 aliphatic carbocycles. The highest BCUT2D eigenvalue weighted by Gasteiger charge is 2.23. The number of nitrogens with one attached hydrogen (secondary N) is 1. The molecule has 3 atom stereocenters. The Kier molecular flexibility index (Phi) is 12.1. The van der Waals surface area contributed by atoms with Crippen LogP contribution >= 0.6 is 0 Å². The van der Waals surface area contributed by atoms with Crippen LogP contribution in [0.25, 0.3) is 11.2 Å². The summed E-state index contributed by atoms with van der Waals surface area (Å²) in [5.41, 5.74) is 18.5. The van der Waals surface area contributed by atoms with Crippen LogP contribution in [0, 0.1) is 0 Å². The summed E-state index contributed by atoms with van der Waals surface area (Å²) in [4.78, 5) is 72.5. The maximum absolute atomic E-state index is 12.4. The zero-order chi connectivity index (χ0) is 33.1. The smallest absolute Gasteiger partial charge is 0.338 e. The van der Waals surface area contributed by atoms with Crippen LogP contribution in [-0.2, 0) is 25.7 Å². The van der Waals surface area contributed by atoms with Gasteiger partial charge in [0.2, 0.25) is 5.95 Å². The maximum atomic E-state index is 12.4. The van der Waals surface area contributed by atoms with Crippen molar-refractivity contribution < 1.29 is 48.8 Å². The summed E-state index contributed by atoms with van der Waals surface area (Å²) in [6.07, 6.45) is -1.95. The van der Waals surface area contributed by atoms with E-state index in [2.05, 4.69) is 25.3 Å². The Labute approximate surface area is 247 Å². The number of aromatic nitrogens is 4. The molecule has 11 N–H and O–H groups in total. The van der Waals surface area contributed by atoms with Gasteiger partial charge in [0, 0.05) is 31.1 Å². The quantitative estimate of drug-likeness (QED) is 0.119. The molecule has 2 aromatic heterocycles. The number of benzene rings is 1. The lowest BCUT2D eigenvalue weighted by Gasteiger charge is -2.19. The minimum absolute atomic E-state index is 0.0138. The van der Waals surface area contributed by atoms with Crippen LogP contribution in [0.1, 0.15) is 35.3 Å². The summed E-state index contributed by atoms with van der Waals surface area (Å²) in [6.45, 7) is 0.370. The van der Waals surface area contributed by atoms with Gasteiger partial charge in [-0.1, -0.05) is 0 Å². The molecule has 2 unspecified atom stereocenters. The average molecular weight is 620 g/mol. The van der Waals surface area contributed by atoms with Crippen molar-refractivity contribution in [3.63, 3.8) is 0 Å². The number of halogens is 1. The summed E-state index contributed by atoms with van der Waals surface area (Å²) < 4.78 is 12.2. The molecule has 1 amide bonds. The molecule has 0 fully saturated rings. The second-order valence-corrected chi connectivity index (χ2v) is 9.19. The van der Waals surface area contributed by atoms with Crippen molar-refractivity contribution in [2.75, 3.05) is 23.4 Å². The minimum atomic E-state index is -2.21. The number of rotatable bonds is 13. The second-order valence-electron chi connectivity index (χ2n) is 9.19. The lowest BCUT2D eigenvalue weighted by atomic mass is 10.1. The lowest BCUT2D eigenvalue weighted by molar-refractivity contribution is -0.145. The van der Waals surface area contributed by atoms with Gasteiger partial charge in [0.1, 0.15) is 12.1 Å². The number of nitrogen functional groups attached to an aromatic ring is 2. The number of carbonyl (C=O) groups is 5. The van der Waals surface area contributed by atoms with Crippen LogP contribution in [-0.4, -0.2) is 95.4 Å². The fraction of sp³-hybridized carbons (Fsp3) is 0.320. The molecule has 44 heavy (non-hydrogen) atoms. The number of alkyl halides is 1. The Balaban J connectivity index is 0.000000523. The molecular formula is C25H30FN9O9. The van der Waals surface area contributed by atoms with E-state index in [1.54, 1.807) is 18.3 Å². The Bertz CT molecular complexity index is 1510. The van der Waals surface area contributed by atoms with Crippen molar-refractivity contribution in [2.45, 2.75) is 44.1 Å². The van der Waals surface area contributed by atoms with E-state index >= 15 is 0 Å². The third kappa shape index (κ3) is 10.3. The summed E-state index contributed by atoms with van der Waals surface area (Å²) in [7, 11) is 1.82. The van der Waals surface area contributed by atoms with Crippen molar-refractivity contribution in [3.8, 4) is 0 Å². The minimum Gasteiger partial charge on any atom is -0.481 e. The molecule has 2 heterocycles. The van der Waals surface area contributed by atoms with Crippen LogP contribution in [0.3, 0.4) is 0 Å². The number of hydrogen-bond donors (Lipinski definition) is 8. The molecule has 0 aliphatic rings. The van der Waals surface area contributed by atoms with Crippen molar-refractivity contribution in [1.82, 2.24) is 25.3 Å². The first-order chi connectivity index (χ1) is 20.6. The summed E-state index contributed by atoms with van der Waals surface area (Å²) in [5, 5.41) is 36.4. The van der Waals surface area contributed by atoms with Gasteiger partial charge in [-0.2, -0.15) is 9.97 Å². The predicted molar refractivity (Wildman–Crippen MR) is 151 cm³/mol. The first kappa shape index (κ1) is 34.5. The van der Waals surface area contributed by atoms with Crippen molar-refractivity contribution in [3.05, 3.63) is 41.7 Å². The molecule has 0 saturated heterocycles. The van der Waals surface area contributed by atoms with Gasteiger partial charge >= 0.3 is 23.9 Å². The number of carboxylic acid groups (broad SMARTS) is 4. The number of anilines is 3. The molecule has 0 aliphatic heterocycles. The normalized spacial score (nSPS) is 12.6. The van der Waals surface area contributed by atoms with Gasteiger partial charge in [-0.25, -0.2) is 23.9 Å². The van der Waals surface area contributed by atoms with Gasteiger partial charge in [0.15, 0.2) is 23.2 Å². The molecule has 3 aromatic rings. The predicted octanol–water partition coefficient (Wildman–Crippen LogP) is -0.520. The van der Waals surface area contributed by atoms with Gasteiger partial charge in [-0.15, -0.1) is 0 Å². The molecule has 236 valence electrons. The number of carbonyl (C=O) groups excluding carboxylic acids is 1. The van der Waals surface area contributed by atoms with E-state index in [1.165, 1.54) is 12.1 Å². The fourth-order valence-electron chi connectivity index (χ4n) is 3.45. The van der Waals surface area contributed by atoms with Crippen LogP contribution in [0.4, 0.5) is 21.8 Å². The standard InChI is InChI=1S/C20H22N8O5.C5H8FNO4/c1-28(9-11-8-23-17-15(24-11)16(21)26-20(22)27-17)12-4-2-10(3-5-12)18(31)25-13(19(32)33)6-7-14(29)30;6-2(4(8)9)1-3(7)5(10)11/h2-5,8,13H,6-7,9H2,1H3,(H,25,31)(H,29,30)(H,32,33)(H4,21,22,23,26,27);2-3H,1,7H2,(H,8,9)(H,10,11)/t13-;/m0./s1. The highest BCUT2D eigenvalue weighted by Crippen LogP contribution is 2.19. The highest BCUT2D eigenvalue weighted by molar-refractivity contribution is 5.97. The summed E-state index contributed by atoms with van der Waals surface area (Å²) in [6, 6.07) is 3.70. The van der Waals surface area contributed by atoms with Gasteiger partial charge in [-0.3, -0.25) is 14.4 Å². The van der Waals surface area contributed by atoms with Gasteiger partial charge in [0.25, 0.3) is 5.91 Å². The molecule has 0 bridgehead atoms. The summed E-state index contributed by atoms with van der Waals surface area (Å²) in [5.74, 6) is -6.01. The monoisotopic (exact) mass is 619 g/mol. The SMILES string of the molecule is CN(Cc1cnc2nc(N)nc(N)c2n1)c1ccc(C(=O)N[C@@H](CCC(=O)O)C(=O)O)cc1.NC(CC(F)C(=O)O)C(=O)O. The van der Waals surface area contributed by atoms with E-state index in [0.717, 1.165) is 5.69 Å². The maximum Gasteiger partial charge on any atom is 0.338 e. The van der Waals surface area contributed by atoms with E-state index in [-0.39, 0.29) is 30.2 Å². The number of aliphatic carboxylic acids is 4. The van der Waals surface area contributed by atoms with Crippen molar-refractivity contribution >= 4 is 58.4 Å². The molecule has 1 aromatic carbocycles. The molecule has 19 heteroatoms. The van der Waals surface area contributed by atoms with E-state index < -0.39 is 54.5 Å². The van der Waals surface area contributed by atoms with Gasteiger partial charge in [0.05, 0.1) is 18.4 Å². The first-order valence-corrected chi connectivity index (χ1v) is 12.6. The highest BCUT2D eigenvalue weighted by atomic mass is 19.1. The fourth-order valence-corrected chi connectivity index (χ4v) is 3.45. The van der Waals surface area contributed by atoms with Crippen LogP contribution in [0.5, 0.6) is 0 Å². The lowest BCUT2D eigenvalue weighted by Crippen LogP contribution is -2.41. The van der Waals surface area contributed by atoms with Gasteiger partial charge < -0.3 is 47.8 Å². The molecule has 3 rings (SSSR count). The molecule has 18 nitrogen and oxygen atoms in total. The molecular weight excluding hydrogens is 589 g/mol. The van der Waals surface area contributed by atoms with E-state index in [0.29, 0.717) is 23.4 Å². The number of hydrogen-bond acceptors (Lipinski definition) is 13. The largest absolute Gasteiger partial charge is 0.481 e. The average Bonchev–Trinajstić information content (AvgIpc) is 2.95. The van der Waals surface area contributed by atoms with Gasteiger partial charge in [-0.05, 0) is 30.7 Å². The van der Waals surface area contributed by atoms with Crippen molar-refractivity contribution in [2.24, 2.45) is 5.73 Å². The van der Waals surface area contributed by atoms with E-state index in [9.17, 15) is 33.5 Å². The topological polar surface area (TPSA) is 311 Å². The number of carboxylic acids is 4. The Morgan fingerprint density at radius 1 is 0.955 bits per heavy atom. The molecule has 0 radical (unpaired) electrons. The zero-order valence-corrected chi connectivity index (χ0v) is 23.1. The zero-order valence-electron chi connectivity index (χ0n) is 23.1. The van der Waals surface area contributed by atoms with Crippen LogP contribution < -0.4 is 27.4 Å². The number of nitrogens with two attached hydrogens (primary N) is 3. The van der Waals surface area contributed by atoms with Crippen LogP contribution in [0.15, 0.2) is 30.5 Å². The van der Waals surface area contributed by atoms with Crippen LogP contribution in [0.2, 0.25) is 0 Å². The van der Waals surface area contributed by atoms with E-state index in [1.807, 2.05) is 11.9 Å².